The van der Waals surface area contributed by atoms with E-state index in [0.29, 0.717) is 0 Å². The molecule has 0 bridgehead atoms. The first kappa shape index (κ1) is 18.9. The maximum Gasteiger partial charge on any atom is 0.272 e. The third-order valence-corrected chi connectivity index (χ3v) is 6.31. The Morgan fingerprint density at radius 2 is 1.88 bits per heavy atom. The summed E-state index contributed by atoms with van der Waals surface area (Å²) in [6.07, 6.45) is 1.97. The summed E-state index contributed by atoms with van der Waals surface area (Å²) in [6.45, 7) is 9.53. The van der Waals surface area contributed by atoms with Gasteiger partial charge in [0.1, 0.15) is 5.69 Å². The van der Waals surface area contributed by atoms with E-state index in [9.17, 15) is 13.2 Å². The first-order chi connectivity index (χ1) is 10.9. The molecule has 0 N–H and O–H groups in total. The molecule has 0 spiro atoms. The average Bonchev–Trinajstić information content (AvgIpc) is 3.27. The van der Waals surface area contributed by atoms with Crippen LogP contribution in [0.5, 0.6) is 0 Å². The van der Waals surface area contributed by atoms with Crippen LogP contribution in [0.3, 0.4) is 0 Å². The SMILES string of the molecule is CC(C)CS(=O)(=O)c1nc(C(=O)N(C)C(C)(C)C)ccc1C1CC1. The monoisotopic (exact) mass is 352 g/mol. The summed E-state index contributed by atoms with van der Waals surface area (Å²) in [6, 6.07) is 3.44. The summed E-state index contributed by atoms with van der Waals surface area (Å²) in [5.74, 6) is 0.0668. The molecule has 1 aromatic rings. The normalized spacial score (nSPS) is 15.6. The molecule has 2 rings (SSSR count). The van der Waals surface area contributed by atoms with Crippen molar-refractivity contribution >= 4 is 15.7 Å². The predicted molar refractivity (Wildman–Crippen MR) is 94.9 cm³/mol. The minimum Gasteiger partial charge on any atom is -0.336 e. The smallest absolute Gasteiger partial charge is 0.272 e. The van der Waals surface area contributed by atoms with Crippen molar-refractivity contribution in [1.29, 1.82) is 0 Å². The van der Waals surface area contributed by atoms with Gasteiger partial charge >= 0.3 is 0 Å². The van der Waals surface area contributed by atoms with E-state index in [1.807, 2.05) is 34.6 Å². The molecule has 0 unspecified atom stereocenters. The van der Waals surface area contributed by atoms with Crippen molar-refractivity contribution in [3.63, 3.8) is 0 Å². The Hall–Kier alpha value is -1.43. The Morgan fingerprint density at radius 3 is 2.33 bits per heavy atom. The zero-order valence-electron chi connectivity index (χ0n) is 15.5. The van der Waals surface area contributed by atoms with Crippen molar-refractivity contribution in [3.8, 4) is 0 Å². The first-order valence-corrected chi connectivity index (χ1v) is 10.1. The topological polar surface area (TPSA) is 67.3 Å². The van der Waals surface area contributed by atoms with Gasteiger partial charge in [-0.25, -0.2) is 13.4 Å². The number of sulfone groups is 1. The van der Waals surface area contributed by atoms with Crippen molar-refractivity contribution in [2.24, 2.45) is 5.92 Å². The number of carbonyl (C=O) groups excluding carboxylic acids is 1. The van der Waals surface area contributed by atoms with Crippen molar-refractivity contribution in [2.45, 2.75) is 63.9 Å². The number of amides is 1. The summed E-state index contributed by atoms with van der Waals surface area (Å²) in [4.78, 5) is 18.6. The molecule has 0 atom stereocenters. The number of aromatic nitrogens is 1. The van der Waals surface area contributed by atoms with Crippen LogP contribution in [0, 0.1) is 5.92 Å². The van der Waals surface area contributed by atoms with Gasteiger partial charge in [0.15, 0.2) is 14.9 Å². The minimum absolute atomic E-state index is 0.0143. The second kappa shape index (κ2) is 6.47. The van der Waals surface area contributed by atoms with E-state index in [1.165, 1.54) is 0 Å². The molecule has 1 amide bonds. The lowest BCUT2D eigenvalue weighted by Crippen LogP contribution is -2.43. The average molecular weight is 353 g/mol. The zero-order valence-corrected chi connectivity index (χ0v) is 16.3. The van der Waals surface area contributed by atoms with Gasteiger partial charge in [-0.2, -0.15) is 0 Å². The number of pyridine rings is 1. The minimum atomic E-state index is -3.49. The van der Waals surface area contributed by atoms with Gasteiger partial charge in [0.2, 0.25) is 0 Å². The molecule has 24 heavy (non-hydrogen) atoms. The Bertz CT molecular complexity index is 729. The largest absolute Gasteiger partial charge is 0.336 e. The second-order valence-electron chi connectivity index (χ2n) is 8.08. The number of carbonyl (C=O) groups is 1. The van der Waals surface area contributed by atoms with E-state index in [-0.39, 0.29) is 39.8 Å². The van der Waals surface area contributed by atoms with Crippen LogP contribution in [-0.4, -0.2) is 42.5 Å². The molecule has 5 nitrogen and oxygen atoms in total. The van der Waals surface area contributed by atoms with Crippen LogP contribution in [-0.2, 0) is 9.84 Å². The Kier molecular flexibility index (Phi) is 5.09. The van der Waals surface area contributed by atoms with Crippen molar-refractivity contribution < 1.29 is 13.2 Å². The quantitative estimate of drug-likeness (QED) is 0.816. The van der Waals surface area contributed by atoms with Gasteiger partial charge in [0.05, 0.1) is 5.75 Å². The number of nitrogens with zero attached hydrogens (tertiary/aromatic N) is 2. The molecule has 1 aliphatic carbocycles. The molecule has 0 saturated heterocycles. The van der Waals surface area contributed by atoms with Crippen LogP contribution >= 0.6 is 0 Å². The lowest BCUT2D eigenvalue weighted by atomic mass is 10.1. The fraction of sp³-hybridized carbons (Fsp3) is 0.667. The molecular formula is C18H28N2O3S. The second-order valence-corrected chi connectivity index (χ2v) is 10.0. The van der Waals surface area contributed by atoms with E-state index >= 15 is 0 Å². The summed E-state index contributed by atoms with van der Waals surface area (Å²) >= 11 is 0. The third-order valence-electron chi connectivity index (χ3n) is 4.28. The van der Waals surface area contributed by atoms with Crippen molar-refractivity contribution in [3.05, 3.63) is 23.4 Å². The molecule has 6 heteroatoms. The van der Waals surface area contributed by atoms with E-state index < -0.39 is 9.84 Å². The summed E-state index contributed by atoms with van der Waals surface area (Å²) in [7, 11) is -1.78. The molecule has 134 valence electrons. The number of hydrogen-bond donors (Lipinski definition) is 0. The Labute approximate surface area is 145 Å². The number of rotatable bonds is 5. The van der Waals surface area contributed by atoms with E-state index in [1.54, 1.807) is 24.1 Å². The standard InChI is InChI=1S/C18H28N2O3S/c1-12(2)11-24(22,23)16-14(13-7-8-13)9-10-15(19-16)17(21)20(6)18(3,4)5/h9-10,12-13H,7-8,11H2,1-6H3. The summed E-state index contributed by atoms with van der Waals surface area (Å²) in [5.41, 5.74) is 0.606. The van der Waals surface area contributed by atoms with Gasteiger partial charge in [0.25, 0.3) is 5.91 Å². The fourth-order valence-electron chi connectivity index (χ4n) is 2.52. The van der Waals surface area contributed by atoms with Crippen LogP contribution in [0.4, 0.5) is 0 Å². The van der Waals surface area contributed by atoms with Gasteiger partial charge in [-0.1, -0.05) is 19.9 Å². The van der Waals surface area contributed by atoms with Crippen molar-refractivity contribution in [1.82, 2.24) is 9.88 Å². The molecule has 0 radical (unpaired) electrons. The zero-order chi connectivity index (χ0) is 18.3. The summed E-state index contributed by atoms with van der Waals surface area (Å²) < 4.78 is 25.5. The van der Waals surface area contributed by atoms with Crippen LogP contribution in [0.2, 0.25) is 0 Å². The molecule has 1 saturated carbocycles. The number of hydrogen-bond acceptors (Lipinski definition) is 4. The Balaban J connectivity index is 2.47. The van der Waals surface area contributed by atoms with Crippen LogP contribution in [0.1, 0.15) is 69.4 Å². The maximum atomic E-state index is 12.7. The molecule has 1 fully saturated rings. The fourth-order valence-corrected chi connectivity index (χ4v) is 4.39. The van der Waals surface area contributed by atoms with Crippen LogP contribution in [0.25, 0.3) is 0 Å². The summed E-state index contributed by atoms with van der Waals surface area (Å²) in [5, 5.41) is 0.104. The Morgan fingerprint density at radius 1 is 1.29 bits per heavy atom. The molecule has 0 aliphatic heterocycles. The third kappa shape index (κ3) is 4.15. The van der Waals surface area contributed by atoms with Gasteiger partial charge in [-0.05, 0) is 57.1 Å². The van der Waals surface area contributed by atoms with Crippen molar-refractivity contribution in [2.75, 3.05) is 12.8 Å². The maximum absolute atomic E-state index is 12.7. The van der Waals surface area contributed by atoms with Crippen LogP contribution in [0.15, 0.2) is 17.2 Å². The van der Waals surface area contributed by atoms with Crippen LogP contribution < -0.4 is 0 Å². The van der Waals surface area contributed by atoms with E-state index in [2.05, 4.69) is 4.98 Å². The lowest BCUT2D eigenvalue weighted by molar-refractivity contribution is 0.0649. The highest BCUT2D eigenvalue weighted by Crippen LogP contribution is 2.42. The first-order valence-electron chi connectivity index (χ1n) is 8.45. The molecular weight excluding hydrogens is 324 g/mol. The highest BCUT2D eigenvalue weighted by atomic mass is 32.2. The van der Waals surface area contributed by atoms with Gasteiger partial charge < -0.3 is 4.90 Å². The van der Waals surface area contributed by atoms with E-state index in [0.717, 1.165) is 18.4 Å². The molecule has 1 heterocycles. The highest BCUT2D eigenvalue weighted by molar-refractivity contribution is 7.91. The molecule has 1 aromatic heterocycles. The lowest BCUT2D eigenvalue weighted by Gasteiger charge is -2.31. The molecule has 0 aromatic carbocycles. The predicted octanol–water partition coefficient (Wildman–Crippen LogP) is 3.26. The highest BCUT2D eigenvalue weighted by Gasteiger charge is 2.33. The van der Waals surface area contributed by atoms with E-state index in [4.69, 9.17) is 0 Å². The van der Waals surface area contributed by atoms with Gasteiger partial charge in [-0.15, -0.1) is 0 Å². The molecule has 1 aliphatic rings. The van der Waals surface area contributed by atoms with Gasteiger partial charge in [0, 0.05) is 12.6 Å². The van der Waals surface area contributed by atoms with Gasteiger partial charge in [-0.3, -0.25) is 4.79 Å².